The Labute approximate surface area is 179 Å². The number of primary amides is 1. The van der Waals surface area contributed by atoms with Crippen LogP contribution in [-0.4, -0.2) is 31.3 Å². The van der Waals surface area contributed by atoms with Crippen molar-refractivity contribution < 1.29 is 19.1 Å². The molecule has 0 aromatic heterocycles. The first-order chi connectivity index (χ1) is 12.9. The molecule has 27 heavy (non-hydrogen) atoms. The Kier molecular flexibility index (Phi) is 6.38. The molecule has 2 amide bonds. The lowest BCUT2D eigenvalue weighted by molar-refractivity contribution is -0.120. The van der Waals surface area contributed by atoms with E-state index in [2.05, 4.69) is 22.6 Å². The molecule has 6 nitrogen and oxygen atoms in total. The van der Waals surface area contributed by atoms with E-state index in [1.807, 2.05) is 24.3 Å². The summed E-state index contributed by atoms with van der Waals surface area (Å²) in [7, 11) is 1.52. The number of nitrogens with zero attached hydrogens (tertiary/aromatic N) is 1. The highest BCUT2D eigenvalue weighted by molar-refractivity contribution is 14.1. The zero-order valence-electron chi connectivity index (χ0n) is 14.3. The van der Waals surface area contributed by atoms with Crippen LogP contribution >= 0.6 is 46.0 Å². The number of ether oxygens (including phenoxy) is 2. The first-order valence-electron chi connectivity index (χ1n) is 7.88. The van der Waals surface area contributed by atoms with Crippen LogP contribution in [0.2, 0.25) is 5.02 Å². The van der Waals surface area contributed by atoms with Crippen LogP contribution in [0.5, 0.6) is 11.5 Å². The fraction of sp³-hybridized carbons (Fsp3) is 0.222. The molecule has 1 saturated heterocycles. The summed E-state index contributed by atoms with van der Waals surface area (Å²) in [6, 6.07) is 10.9. The van der Waals surface area contributed by atoms with Crippen molar-refractivity contribution in [1.29, 1.82) is 0 Å². The van der Waals surface area contributed by atoms with Gasteiger partial charge in [-0.25, -0.2) is 0 Å². The van der Waals surface area contributed by atoms with Crippen molar-refractivity contribution in [3.8, 4) is 11.5 Å². The van der Waals surface area contributed by atoms with Crippen molar-refractivity contribution in [3.05, 3.63) is 50.6 Å². The fourth-order valence-corrected chi connectivity index (χ4v) is 4.78. The van der Waals surface area contributed by atoms with Crippen LogP contribution < -0.4 is 20.1 Å². The van der Waals surface area contributed by atoms with E-state index in [1.54, 1.807) is 17.0 Å². The van der Waals surface area contributed by atoms with Gasteiger partial charge in [0.25, 0.3) is 5.91 Å². The van der Waals surface area contributed by atoms with E-state index in [-0.39, 0.29) is 17.9 Å². The van der Waals surface area contributed by atoms with Crippen LogP contribution in [0.3, 0.4) is 0 Å². The summed E-state index contributed by atoms with van der Waals surface area (Å²) in [6.45, 7) is -0.237. The summed E-state index contributed by atoms with van der Waals surface area (Å²) >= 11 is 9.61. The minimum atomic E-state index is -0.567. The molecule has 0 spiro atoms. The maximum Gasteiger partial charge on any atom is 0.255 e. The molecular formula is C18H16ClIN2O4S. The number of halogens is 2. The summed E-state index contributed by atoms with van der Waals surface area (Å²) in [5, 5.41) is 0.410. The molecule has 1 aliphatic heterocycles. The Morgan fingerprint density at radius 1 is 1.37 bits per heavy atom. The third-order valence-electron chi connectivity index (χ3n) is 3.87. The Morgan fingerprint density at radius 3 is 2.70 bits per heavy atom. The smallest absolute Gasteiger partial charge is 0.255 e. The van der Waals surface area contributed by atoms with Gasteiger partial charge >= 0.3 is 0 Å². The van der Waals surface area contributed by atoms with Crippen LogP contribution in [0.15, 0.2) is 36.4 Å². The van der Waals surface area contributed by atoms with Gasteiger partial charge < -0.3 is 15.2 Å². The van der Waals surface area contributed by atoms with Crippen molar-refractivity contribution in [1.82, 2.24) is 0 Å². The molecule has 0 saturated carbocycles. The largest absolute Gasteiger partial charge is 0.493 e. The van der Waals surface area contributed by atoms with Gasteiger partial charge in [0.05, 0.1) is 16.4 Å². The lowest BCUT2D eigenvalue weighted by Gasteiger charge is -2.25. The molecule has 142 valence electrons. The van der Waals surface area contributed by atoms with Crippen molar-refractivity contribution >= 4 is 63.5 Å². The van der Waals surface area contributed by atoms with Gasteiger partial charge in [-0.3, -0.25) is 14.5 Å². The maximum atomic E-state index is 12.5. The van der Waals surface area contributed by atoms with E-state index in [9.17, 15) is 9.59 Å². The maximum absolute atomic E-state index is 12.5. The topological polar surface area (TPSA) is 81.9 Å². The number of nitrogens with two attached hydrogens (primary N) is 1. The normalized spacial score (nSPS) is 16.5. The predicted octanol–water partition coefficient (Wildman–Crippen LogP) is 3.60. The minimum Gasteiger partial charge on any atom is -0.493 e. The van der Waals surface area contributed by atoms with Crippen LogP contribution in [0.4, 0.5) is 5.69 Å². The minimum absolute atomic E-state index is 0.0235. The molecule has 2 aromatic carbocycles. The van der Waals surface area contributed by atoms with Gasteiger partial charge in [-0.15, -0.1) is 11.8 Å². The highest BCUT2D eigenvalue weighted by atomic mass is 127. The Hall–Kier alpha value is -1.65. The van der Waals surface area contributed by atoms with E-state index >= 15 is 0 Å². The zero-order chi connectivity index (χ0) is 19.6. The Morgan fingerprint density at radius 2 is 2.07 bits per heavy atom. The number of hydrogen-bond acceptors (Lipinski definition) is 5. The molecule has 0 unspecified atom stereocenters. The molecule has 3 rings (SSSR count). The van der Waals surface area contributed by atoms with E-state index in [0.29, 0.717) is 22.3 Å². The number of methoxy groups -OCH3 is 1. The molecule has 0 radical (unpaired) electrons. The molecule has 0 aliphatic carbocycles. The lowest BCUT2D eigenvalue weighted by atomic mass is 10.1. The molecule has 1 fully saturated rings. The number of carbonyl (C=O) groups is 2. The summed E-state index contributed by atoms with van der Waals surface area (Å²) in [6.07, 6.45) is 0. The van der Waals surface area contributed by atoms with Crippen molar-refractivity contribution in [3.63, 3.8) is 0 Å². The van der Waals surface area contributed by atoms with Gasteiger partial charge in [-0.2, -0.15) is 0 Å². The molecule has 1 heterocycles. The number of rotatable bonds is 6. The van der Waals surface area contributed by atoms with Crippen LogP contribution in [0.25, 0.3) is 0 Å². The average Bonchev–Trinajstić information content (AvgIpc) is 3.02. The number of hydrogen-bond donors (Lipinski definition) is 1. The molecule has 0 bridgehead atoms. The molecular weight excluding hydrogens is 503 g/mol. The van der Waals surface area contributed by atoms with Crippen LogP contribution in [0, 0.1) is 3.57 Å². The summed E-state index contributed by atoms with van der Waals surface area (Å²) in [5.41, 5.74) is 6.83. The van der Waals surface area contributed by atoms with Crippen molar-refractivity contribution in [2.75, 3.05) is 24.4 Å². The van der Waals surface area contributed by atoms with E-state index in [4.69, 9.17) is 26.8 Å². The molecule has 1 aliphatic rings. The van der Waals surface area contributed by atoms with Gasteiger partial charge in [-0.05, 0) is 64.6 Å². The first-order valence-corrected chi connectivity index (χ1v) is 10.4. The second-order valence-corrected chi connectivity index (χ2v) is 8.36. The van der Waals surface area contributed by atoms with Crippen LogP contribution in [0.1, 0.15) is 10.9 Å². The molecule has 9 heteroatoms. The van der Waals surface area contributed by atoms with Gasteiger partial charge in [0.15, 0.2) is 18.1 Å². The number of anilines is 1. The van der Waals surface area contributed by atoms with Crippen LogP contribution in [-0.2, 0) is 9.59 Å². The molecule has 1 atom stereocenters. The molecule has 2 aromatic rings. The number of amides is 2. The highest BCUT2D eigenvalue weighted by Crippen LogP contribution is 2.45. The van der Waals surface area contributed by atoms with E-state index in [1.165, 1.54) is 18.9 Å². The standard InChI is InChI=1S/C18H16ClIN2O4S/c1-25-14-7-10(6-13(20)17(14)26-8-15(21)23)18-22(16(24)9-27-18)12-4-2-11(19)3-5-12/h2-7,18H,8-9H2,1H3,(H2,21,23)/t18-/m1/s1. The average molecular weight is 519 g/mol. The lowest BCUT2D eigenvalue weighted by Crippen LogP contribution is -2.27. The SMILES string of the molecule is COc1cc([C@H]2SCC(=O)N2c2ccc(Cl)cc2)cc(I)c1OCC(N)=O. The third kappa shape index (κ3) is 4.44. The highest BCUT2D eigenvalue weighted by Gasteiger charge is 2.35. The number of thioether (sulfide) groups is 1. The Balaban J connectivity index is 1.96. The Bertz CT molecular complexity index is 878. The molecule has 2 N–H and O–H groups in total. The zero-order valence-corrected chi connectivity index (χ0v) is 18.0. The van der Waals surface area contributed by atoms with Gasteiger partial charge in [-0.1, -0.05) is 11.6 Å². The van der Waals surface area contributed by atoms with Crippen molar-refractivity contribution in [2.24, 2.45) is 5.73 Å². The van der Waals surface area contributed by atoms with Gasteiger partial charge in [0.1, 0.15) is 5.37 Å². The summed E-state index contributed by atoms with van der Waals surface area (Å²) in [5.74, 6) is 0.770. The van der Waals surface area contributed by atoms with Crippen molar-refractivity contribution in [2.45, 2.75) is 5.37 Å². The van der Waals surface area contributed by atoms with Gasteiger partial charge in [0.2, 0.25) is 5.91 Å². The predicted molar refractivity (Wildman–Crippen MR) is 115 cm³/mol. The van der Waals surface area contributed by atoms with E-state index in [0.717, 1.165) is 14.8 Å². The summed E-state index contributed by atoms with van der Waals surface area (Å²) < 4.78 is 11.7. The second kappa shape index (κ2) is 8.57. The first kappa shape index (κ1) is 20.1. The number of benzene rings is 2. The number of carbonyl (C=O) groups excluding carboxylic acids is 2. The fourth-order valence-electron chi connectivity index (χ4n) is 2.72. The third-order valence-corrected chi connectivity index (χ3v) is 6.13. The van der Waals surface area contributed by atoms with Gasteiger partial charge in [0, 0.05) is 10.7 Å². The second-order valence-electron chi connectivity index (χ2n) is 5.69. The van der Waals surface area contributed by atoms with E-state index < -0.39 is 5.91 Å². The quantitative estimate of drug-likeness (QED) is 0.591. The summed E-state index contributed by atoms with van der Waals surface area (Å²) in [4.78, 5) is 25.3. The monoisotopic (exact) mass is 518 g/mol.